The fraction of sp³-hybridized carbons (Fsp3) is 0.409. The second kappa shape index (κ2) is 10.6. The summed E-state index contributed by atoms with van der Waals surface area (Å²) in [4.78, 5) is 17.4. The van der Waals surface area contributed by atoms with E-state index >= 15 is 0 Å². The molecule has 2 fully saturated rings. The Kier molecular flexibility index (Phi) is 7.93. The number of halogens is 1. The lowest BCUT2D eigenvalue weighted by Gasteiger charge is -2.33. The first-order valence-corrected chi connectivity index (χ1v) is 10.1. The van der Waals surface area contributed by atoms with E-state index in [0.717, 1.165) is 62.0 Å². The van der Waals surface area contributed by atoms with E-state index in [2.05, 4.69) is 27.2 Å². The lowest BCUT2D eigenvalue weighted by Crippen LogP contribution is -2.38. The number of nitrogens with two attached hydrogens (primary N) is 1. The number of anilines is 3. The molecular formula is C22H29ClN4O3. The second-order valence-corrected chi connectivity index (χ2v) is 7.26. The summed E-state index contributed by atoms with van der Waals surface area (Å²) in [5.41, 5.74) is 10.3. The molecule has 3 N–H and O–H groups in total. The molecule has 2 aromatic rings. The Labute approximate surface area is 183 Å². The molecule has 2 aliphatic heterocycles. The average Bonchev–Trinajstić information content (AvgIpc) is 2.80. The molecule has 2 aliphatic rings. The van der Waals surface area contributed by atoms with Gasteiger partial charge in [0.15, 0.2) is 0 Å². The predicted octanol–water partition coefficient (Wildman–Crippen LogP) is 2.49. The Hall–Kier alpha value is -2.32. The number of hydrogen-bond donors (Lipinski definition) is 2. The van der Waals surface area contributed by atoms with Gasteiger partial charge >= 0.3 is 0 Å². The van der Waals surface area contributed by atoms with Crippen molar-refractivity contribution < 1.29 is 14.3 Å². The van der Waals surface area contributed by atoms with Gasteiger partial charge in [-0.25, -0.2) is 0 Å². The number of nitrogens with one attached hydrogen (secondary N) is 1. The van der Waals surface area contributed by atoms with Gasteiger partial charge in [-0.15, -0.1) is 12.4 Å². The number of rotatable bonds is 5. The van der Waals surface area contributed by atoms with Gasteiger partial charge in [-0.2, -0.15) is 0 Å². The Bertz CT molecular complexity index is 835. The largest absolute Gasteiger partial charge is 0.378 e. The van der Waals surface area contributed by atoms with Gasteiger partial charge < -0.3 is 30.3 Å². The number of amides is 1. The molecule has 7 nitrogen and oxygen atoms in total. The quantitative estimate of drug-likeness (QED) is 0.755. The maximum absolute atomic E-state index is 12.8. The van der Waals surface area contributed by atoms with Crippen LogP contribution in [0.2, 0.25) is 0 Å². The number of ether oxygens (including phenoxy) is 2. The van der Waals surface area contributed by atoms with Crippen molar-refractivity contribution in [2.45, 2.75) is 6.54 Å². The lowest BCUT2D eigenvalue weighted by molar-refractivity contribution is 0.102. The van der Waals surface area contributed by atoms with Gasteiger partial charge in [-0.05, 0) is 35.9 Å². The van der Waals surface area contributed by atoms with Crippen LogP contribution in [0.4, 0.5) is 17.1 Å². The van der Waals surface area contributed by atoms with Gasteiger partial charge in [0.05, 0.1) is 37.8 Å². The first-order chi connectivity index (χ1) is 14.2. The van der Waals surface area contributed by atoms with Crippen LogP contribution in [0, 0.1) is 0 Å². The number of nitrogens with zero attached hydrogens (tertiary/aromatic N) is 2. The van der Waals surface area contributed by atoms with Crippen LogP contribution >= 0.6 is 12.4 Å². The Morgan fingerprint density at radius 2 is 1.50 bits per heavy atom. The summed E-state index contributed by atoms with van der Waals surface area (Å²) in [7, 11) is 0. The highest BCUT2D eigenvalue weighted by Crippen LogP contribution is 2.32. The third kappa shape index (κ3) is 5.23. The van der Waals surface area contributed by atoms with Gasteiger partial charge in [0.2, 0.25) is 0 Å². The minimum atomic E-state index is -0.123. The number of morpholine rings is 2. The average molecular weight is 433 g/mol. The monoisotopic (exact) mass is 432 g/mol. The standard InChI is InChI=1S/C22H28N4O3.ClH/c23-16-17-1-3-18(4-2-17)22(27)24-20-6-5-19(25-7-11-28-12-8-25)15-21(20)26-9-13-29-14-10-26;/h1-6,15H,7-14,16,23H2,(H,24,27);1H. The Morgan fingerprint density at radius 3 is 2.10 bits per heavy atom. The molecule has 2 aromatic carbocycles. The van der Waals surface area contributed by atoms with Crippen molar-refractivity contribution in [3.8, 4) is 0 Å². The van der Waals surface area contributed by atoms with E-state index in [1.54, 1.807) is 0 Å². The topological polar surface area (TPSA) is 80.1 Å². The van der Waals surface area contributed by atoms with Crippen molar-refractivity contribution in [3.63, 3.8) is 0 Å². The number of hydrogen-bond acceptors (Lipinski definition) is 6. The summed E-state index contributed by atoms with van der Waals surface area (Å²) in [6.07, 6.45) is 0. The Balaban J connectivity index is 0.00000256. The summed E-state index contributed by atoms with van der Waals surface area (Å²) in [6, 6.07) is 13.6. The maximum Gasteiger partial charge on any atom is 0.255 e. The zero-order valence-corrected chi connectivity index (χ0v) is 17.8. The zero-order chi connectivity index (χ0) is 20.1. The molecule has 162 valence electrons. The van der Waals surface area contributed by atoms with Crippen LogP contribution in [-0.4, -0.2) is 58.5 Å². The molecule has 0 aromatic heterocycles. The van der Waals surface area contributed by atoms with Crippen LogP contribution in [0.5, 0.6) is 0 Å². The van der Waals surface area contributed by atoms with Crippen LogP contribution in [0.3, 0.4) is 0 Å². The summed E-state index contributed by atoms with van der Waals surface area (Å²) in [5, 5.41) is 3.10. The van der Waals surface area contributed by atoms with Crippen molar-refractivity contribution in [2.24, 2.45) is 5.73 Å². The molecule has 0 saturated carbocycles. The van der Waals surface area contributed by atoms with E-state index < -0.39 is 0 Å². The summed E-state index contributed by atoms with van der Waals surface area (Å²) >= 11 is 0. The summed E-state index contributed by atoms with van der Waals surface area (Å²) < 4.78 is 11.0. The third-order valence-corrected chi connectivity index (χ3v) is 5.41. The molecule has 0 aliphatic carbocycles. The van der Waals surface area contributed by atoms with E-state index in [4.69, 9.17) is 15.2 Å². The van der Waals surface area contributed by atoms with E-state index in [0.29, 0.717) is 25.3 Å². The SMILES string of the molecule is Cl.NCc1ccc(C(=O)Nc2ccc(N3CCOCC3)cc2N2CCOCC2)cc1. The van der Waals surface area contributed by atoms with E-state index in [1.807, 2.05) is 30.3 Å². The molecule has 4 rings (SSSR count). The number of carbonyl (C=O) groups excluding carboxylic acids is 1. The van der Waals surface area contributed by atoms with Crippen molar-refractivity contribution in [1.29, 1.82) is 0 Å². The van der Waals surface area contributed by atoms with Crippen LogP contribution in [0.25, 0.3) is 0 Å². The second-order valence-electron chi connectivity index (χ2n) is 7.26. The number of benzene rings is 2. The van der Waals surface area contributed by atoms with Crippen molar-refractivity contribution in [3.05, 3.63) is 53.6 Å². The molecule has 2 saturated heterocycles. The van der Waals surface area contributed by atoms with Gasteiger partial charge in [-0.1, -0.05) is 12.1 Å². The van der Waals surface area contributed by atoms with Crippen molar-refractivity contribution >= 4 is 35.4 Å². The maximum atomic E-state index is 12.8. The molecule has 30 heavy (non-hydrogen) atoms. The fourth-order valence-corrected chi connectivity index (χ4v) is 3.70. The minimum absolute atomic E-state index is 0. The first kappa shape index (κ1) is 22.4. The van der Waals surface area contributed by atoms with E-state index in [9.17, 15) is 4.79 Å². The molecule has 8 heteroatoms. The normalized spacial score (nSPS) is 16.7. The Morgan fingerprint density at radius 1 is 0.900 bits per heavy atom. The third-order valence-electron chi connectivity index (χ3n) is 5.41. The molecule has 0 radical (unpaired) electrons. The van der Waals surface area contributed by atoms with E-state index in [1.165, 1.54) is 0 Å². The highest BCUT2D eigenvalue weighted by Gasteiger charge is 2.20. The van der Waals surface area contributed by atoms with E-state index in [-0.39, 0.29) is 18.3 Å². The molecule has 2 heterocycles. The van der Waals surface area contributed by atoms with Gasteiger partial charge in [0.1, 0.15) is 0 Å². The molecule has 0 spiro atoms. The zero-order valence-electron chi connectivity index (χ0n) is 17.0. The van der Waals surface area contributed by atoms with Crippen LogP contribution in [0.1, 0.15) is 15.9 Å². The molecule has 1 amide bonds. The van der Waals surface area contributed by atoms with Crippen LogP contribution in [0.15, 0.2) is 42.5 Å². The van der Waals surface area contributed by atoms with Crippen molar-refractivity contribution in [2.75, 3.05) is 67.7 Å². The van der Waals surface area contributed by atoms with Crippen molar-refractivity contribution in [1.82, 2.24) is 0 Å². The van der Waals surface area contributed by atoms with Gasteiger partial charge in [0, 0.05) is 44.0 Å². The minimum Gasteiger partial charge on any atom is -0.378 e. The van der Waals surface area contributed by atoms with Crippen LogP contribution in [-0.2, 0) is 16.0 Å². The summed E-state index contributed by atoms with van der Waals surface area (Å²) in [5.74, 6) is -0.123. The predicted molar refractivity (Wildman–Crippen MR) is 122 cm³/mol. The van der Waals surface area contributed by atoms with Gasteiger partial charge in [0.25, 0.3) is 5.91 Å². The highest BCUT2D eigenvalue weighted by atomic mass is 35.5. The number of carbonyl (C=O) groups is 1. The molecule has 0 unspecified atom stereocenters. The van der Waals surface area contributed by atoms with Crippen LogP contribution < -0.4 is 20.9 Å². The lowest BCUT2D eigenvalue weighted by atomic mass is 10.1. The highest BCUT2D eigenvalue weighted by molar-refractivity contribution is 6.06. The summed E-state index contributed by atoms with van der Waals surface area (Å²) in [6.45, 7) is 6.69. The van der Waals surface area contributed by atoms with Gasteiger partial charge in [-0.3, -0.25) is 4.79 Å². The molecule has 0 bridgehead atoms. The molecular weight excluding hydrogens is 404 g/mol. The molecule has 0 atom stereocenters. The smallest absolute Gasteiger partial charge is 0.255 e. The fourth-order valence-electron chi connectivity index (χ4n) is 3.70. The first-order valence-electron chi connectivity index (χ1n) is 10.1.